The van der Waals surface area contributed by atoms with E-state index in [1.165, 1.54) is 18.2 Å². The van der Waals surface area contributed by atoms with E-state index in [2.05, 4.69) is 0 Å². The molecule has 0 N–H and O–H groups in total. The van der Waals surface area contributed by atoms with Crippen molar-refractivity contribution in [2.75, 3.05) is 0 Å². The zero-order chi connectivity index (χ0) is 12.3. The van der Waals surface area contributed by atoms with Crippen LogP contribution in [-0.2, 0) is 17.6 Å². The standard InChI is InChI=1S/C13H10ClFOS/c14-11-1-2-13(15)10(6-11)7-12(16)5-9-3-4-17-8-9/h1-4,6,8H,5,7H2. The van der Waals surface area contributed by atoms with E-state index >= 15 is 0 Å². The van der Waals surface area contributed by atoms with Crippen LogP contribution in [0.4, 0.5) is 4.39 Å². The Morgan fingerprint density at radius 2 is 2.12 bits per heavy atom. The van der Waals surface area contributed by atoms with Gasteiger partial charge in [-0.3, -0.25) is 4.79 Å². The highest BCUT2D eigenvalue weighted by Gasteiger charge is 2.10. The van der Waals surface area contributed by atoms with Crippen molar-refractivity contribution in [2.45, 2.75) is 12.8 Å². The van der Waals surface area contributed by atoms with Gasteiger partial charge in [0.25, 0.3) is 0 Å². The molecule has 2 rings (SSSR count). The molecule has 0 amide bonds. The van der Waals surface area contributed by atoms with Gasteiger partial charge in [0.15, 0.2) is 0 Å². The Morgan fingerprint density at radius 1 is 1.29 bits per heavy atom. The number of benzene rings is 1. The van der Waals surface area contributed by atoms with Gasteiger partial charge in [-0.2, -0.15) is 11.3 Å². The van der Waals surface area contributed by atoms with Crippen molar-refractivity contribution in [1.29, 1.82) is 0 Å². The lowest BCUT2D eigenvalue weighted by molar-refractivity contribution is -0.117. The number of carbonyl (C=O) groups is 1. The van der Waals surface area contributed by atoms with E-state index < -0.39 is 0 Å². The molecule has 1 nitrogen and oxygen atoms in total. The predicted molar refractivity (Wildman–Crippen MR) is 68.1 cm³/mol. The molecule has 1 aromatic carbocycles. The van der Waals surface area contributed by atoms with Crippen molar-refractivity contribution in [3.63, 3.8) is 0 Å². The van der Waals surface area contributed by atoms with Crippen molar-refractivity contribution in [3.05, 3.63) is 57.0 Å². The van der Waals surface area contributed by atoms with Gasteiger partial charge in [0.1, 0.15) is 11.6 Å². The average Bonchev–Trinajstić information content (AvgIpc) is 2.76. The largest absolute Gasteiger partial charge is 0.299 e. The van der Waals surface area contributed by atoms with Gasteiger partial charge in [0.05, 0.1) is 0 Å². The van der Waals surface area contributed by atoms with Crippen molar-refractivity contribution in [3.8, 4) is 0 Å². The number of hydrogen-bond acceptors (Lipinski definition) is 2. The molecule has 0 bridgehead atoms. The molecule has 0 aliphatic carbocycles. The molecule has 88 valence electrons. The number of thiophene rings is 1. The van der Waals surface area contributed by atoms with E-state index in [4.69, 9.17) is 11.6 Å². The average molecular weight is 269 g/mol. The van der Waals surface area contributed by atoms with Gasteiger partial charge >= 0.3 is 0 Å². The molecule has 0 spiro atoms. The highest BCUT2D eigenvalue weighted by molar-refractivity contribution is 7.08. The Hall–Kier alpha value is -1.19. The molecule has 0 atom stereocenters. The molecule has 17 heavy (non-hydrogen) atoms. The van der Waals surface area contributed by atoms with Gasteiger partial charge in [-0.1, -0.05) is 11.6 Å². The Labute approximate surface area is 108 Å². The molecule has 4 heteroatoms. The van der Waals surface area contributed by atoms with Crippen LogP contribution >= 0.6 is 22.9 Å². The van der Waals surface area contributed by atoms with E-state index in [0.29, 0.717) is 17.0 Å². The summed E-state index contributed by atoms with van der Waals surface area (Å²) in [6.07, 6.45) is 0.428. The third kappa shape index (κ3) is 3.38. The van der Waals surface area contributed by atoms with Crippen LogP contribution in [0, 0.1) is 5.82 Å². The summed E-state index contributed by atoms with van der Waals surface area (Å²) in [6, 6.07) is 6.17. The van der Waals surface area contributed by atoms with Crippen molar-refractivity contribution >= 4 is 28.7 Å². The summed E-state index contributed by atoms with van der Waals surface area (Å²) >= 11 is 7.31. The maximum absolute atomic E-state index is 13.4. The molecule has 0 radical (unpaired) electrons. The van der Waals surface area contributed by atoms with Gasteiger partial charge in [0, 0.05) is 17.9 Å². The summed E-state index contributed by atoms with van der Waals surface area (Å²) < 4.78 is 13.4. The normalized spacial score (nSPS) is 10.5. The van der Waals surface area contributed by atoms with E-state index in [-0.39, 0.29) is 18.0 Å². The molecule has 0 aliphatic rings. The van der Waals surface area contributed by atoms with Crippen LogP contribution in [0.15, 0.2) is 35.0 Å². The molecule has 1 aromatic heterocycles. The first-order chi connectivity index (χ1) is 8.15. The quantitative estimate of drug-likeness (QED) is 0.822. The van der Waals surface area contributed by atoms with Gasteiger partial charge in [0.2, 0.25) is 0 Å². The zero-order valence-electron chi connectivity index (χ0n) is 8.95. The summed E-state index contributed by atoms with van der Waals surface area (Å²) in [6.45, 7) is 0. The molecular formula is C13H10ClFOS. The fourth-order valence-electron chi connectivity index (χ4n) is 1.57. The maximum atomic E-state index is 13.4. The van der Waals surface area contributed by atoms with Crippen LogP contribution in [0.5, 0.6) is 0 Å². The molecule has 0 fully saturated rings. The summed E-state index contributed by atoms with van der Waals surface area (Å²) in [5.41, 5.74) is 1.33. The fraction of sp³-hybridized carbons (Fsp3) is 0.154. The second-order valence-corrected chi connectivity index (χ2v) is 4.98. The lowest BCUT2D eigenvalue weighted by Gasteiger charge is -2.03. The van der Waals surface area contributed by atoms with E-state index in [9.17, 15) is 9.18 Å². The number of hydrogen-bond donors (Lipinski definition) is 0. The number of carbonyl (C=O) groups excluding carboxylic acids is 1. The summed E-state index contributed by atoms with van der Waals surface area (Å²) in [4.78, 5) is 11.7. The monoisotopic (exact) mass is 268 g/mol. The first-order valence-corrected chi connectivity index (χ1v) is 6.44. The Kier molecular flexibility index (Phi) is 3.92. The molecule has 0 unspecified atom stereocenters. The molecule has 0 saturated heterocycles. The van der Waals surface area contributed by atoms with Crippen LogP contribution in [0.1, 0.15) is 11.1 Å². The third-order valence-corrected chi connectivity index (χ3v) is 3.34. The molecule has 2 aromatic rings. The topological polar surface area (TPSA) is 17.1 Å². The van der Waals surface area contributed by atoms with Gasteiger partial charge in [-0.05, 0) is 46.2 Å². The van der Waals surface area contributed by atoms with Gasteiger partial charge < -0.3 is 0 Å². The lowest BCUT2D eigenvalue weighted by Crippen LogP contribution is -2.07. The minimum atomic E-state index is -0.381. The SMILES string of the molecule is O=C(Cc1ccsc1)Cc1cc(Cl)ccc1F. The van der Waals surface area contributed by atoms with Crippen LogP contribution < -0.4 is 0 Å². The van der Waals surface area contributed by atoms with Crippen LogP contribution in [0.3, 0.4) is 0 Å². The fourth-order valence-corrected chi connectivity index (χ4v) is 2.44. The van der Waals surface area contributed by atoms with Crippen LogP contribution in [-0.4, -0.2) is 5.78 Å². The van der Waals surface area contributed by atoms with Crippen LogP contribution in [0.25, 0.3) is 0 Å². The van der Waals surface area contributed by atoms with E-state index in [1.807, 2.05) is 16.8 Å². The molecule has 1 heterocycles. The van der Waals surface area contributed by atoms with Gasteiger partial charge in [-0.15, -0.1) is 0 Å². The third-order valence-electron chi connectivity index (χ3n) is 2.38. The molecular weight excluding hydrogens is 259 g/mol. The van der Waals surface area contributed by atoms with E-state index in [0.717, 1.165) is 5.56 Å². The minimum Gasteiger partial charge on any atom is -0.299 e. The number of rotatable bonds is 4. The first-order valence-electron chi connectivity index (χ1n) is 5.12. The first kappa shape index (κ1) is 12.3. The smallest absolute Gasteiger partial charge is 0.141 e. The lowest BCUT2D eigenvalue weighted by atomic mass is 10.0. The predicted octanol–water partition coefficient (Wildman–Crippen LogP) is 3.89. The summed E-state index contributed by atoms with van der Waals surface area (Å²) in [7, 11) is 0. The Morgan fingerprint density at radius 3 is 2.82 bits per heavy atom. The molecule has 0 aliphatic heterocycles. The second kappa shape index (κ2) is 5.43. The maximum Gasteiger partial charge on any atom is 0.141 e. The summed E-state index contributed by atoms with van der Waals surface area (Å²) in [5, 5.41) is 4.29. The van der Waals surface area contributed by atoms with Crippen LogP contribution in [0.2, 0.25) is 5.02 Å². The Balaban J connectivity index is 2.05. The van der Waals surface area contributed by atoms with Crippen molar-refractivity contribution in [1.82, 2.24) is 0 Å². The van der Waals surface area contributed by atoms with Gasteiger partial charge in [-0.25, -0.2) is 4.39 Å². The number of halogens is 2. The van der Waals surface area contributed by atoms with Crippen molar-refractivity contribution in [2.24, 2.45) is 0 Å². The highest BCUT2D eigenvalue weighted by Crippen LogP contribution is 2.16. The minimum absolute atomic E-state index is 0.00966. The highest BCUT2D eigenvalue weighted by atomic mass is 35.5. The Bertz CT molecular complexity index is 522. The number of Topliss-reactive ketones (excluding diaryl/α,β-unsaturated/α-hetero) is 1. The zero-order valence-corrected chi connectivity index (χ0v) is 10.5. The number of ketones is 1. The summed E-state index contributed by atoms with van der Waals surface area (Å²) in [5.74, 6) is -0.391. The molecule has 0 saturated carbocycles. The van der Waals surface area contributed by atoms with E-state index in [1.54, 1.807) is 11.3 Å². The second-order valence-electron chi connectivity index (χ2n) is 3.76. The van der Waals surface area contributed by atoms with Crippen molar-refractivity contribution < 1.29 is 9.18 Å².